The van der Waals surface area contributed by atoms with E-state index in [1.807, 2.05) is 18.3 Å². The van der Waals surface area contributed by atoms with Crippen LogP contribution in [0.1, 0.15) is 15.9 Å². The number of aromatic nitrogens is 1. The van der Waals surface area contributed by atoms with E-state index in [2.05, 4.69) is 4.98 Å². The molecule has 98 valence electrons. The lowest BCUT2D eigenvalue weighted by Gasteiger charge is -2.10. The average Bonchev–Trinajstić information content (AvgIpc) is 2.48. The molecule has 0 amide bonds. The molecular weight excluding hydrogens is 242 g/mol. The highest BCUT2D eigenvalue weighted by atomic mass is 16.5. The molecule has 0 bridgehead atoms. The number of nitrogens with zero attached hydrogens (tertiary/aromatic N) is 1. The number of aldehydes is 1. The maximum atomic E-state index is 10.7. The minimum Gasteiger partial charge on any atom is -0.493 e. The molecular formula is C15H15NO3. The van der Waals surface area contributed by atoms with Gasteiger partial charge in [-0.2, -0.15) is 0 Å². The second-order valence-corrected chi connectivity index (χ2v) is 3.99. The van der Waals surface area contributed by atoms with Crippen molar-refractivity contribution >= 4 is 6.29 Å². The average molecular weight is 257 g/mol. The second kappa shape index (κ2) is 6.54. The standard InChI is InChI=1S/C15H15NO3/c1-18-15-9-13(11-17)4-5-14(15)19-8-6-12-3-2-7-16-10-12/h2-5,7,9-11H,6,8H2,1H3. The summed E-state index contributed by atoms with van der Waals surface area (Å²) in [4.78, 5) is 14.7. The van der Waals surface area contributed by atoms with Gasteiger partial charge in [-0.05, 0) is 29.8 Å². The van der Waals surface area contributed by atoms with Crippen molar-refractivity contribution in [3.8, 4) is 11.5 Å². The molecule has 0 unspecified atom stereocenters. The molecule has 2 rings (SSSR count). The van der Waals surface area contributed by atoms with E-state index < -0.39 is 0 Å². The number of hydrogen-bond donors (Lipinski definition) is 0. The molecule has 2 aromatic rings. The van der Waals surface area contributed by atoms with Crippen LogP contribution in [0.4, 0.5) is 0 Å². The smallest absolute Gasteiger partial charge is 0.161 e. The largest absolute Gasteiger partial charge is 0.493 e. The van der Waals surface area contributed by atoms with Crippen LogP contribution in [-0.2, 0) is 6.42 Å². The molecule has 4 heteroatoms. The van der Waals surface area contributed by atoms with Gasteiger partial charge in [-0.1, -0.05) is 6.07 Å². The first-order valence-corrected chi connectivity index (χ1v) is 5.98. The number of carbonyl (C=O) groups is 1. The van der Waals surface area contributed by atoms with Crippen LogP contribution in [0.5, 0.6) is 11.5 Å². The topological polar surface area (TPSA) is 48.4 Å². The first-order valence-electron chi connectivity index (χ1n) is 5.98. The maximum Gasteiger partial charge on any atom is 0.161 e. The third kappa shape index (κ3) is 3.55. The number of ether oxygens (including phenoxy) is 2. The van der Waals surface area contributed by atoms with Crippen LogP contribution in [0.3, 0.4) is 0 Å². The van der Waals surface area contributed by atoms with Crippen LogP contribution in [0.15, 0.2) is 42.7 Å². The second-order valence-electron chi connectivity index (χ2n) is 3.99. The highest BCUT2D eigenvalue weighted by molar-refractivity contribution is 5.76. The SMILES string of the molecule is COc1cc(C=O)ccc1OCCc1cccnc1. The molecule has 0 spiro atoms. The van der Waals surface area contributed by atoms with Crippen molar-refractivity contribution in [2.45, 2.75) is 6.42 Å². The van der Waals surface area contributed by atoms with Crippen molar-refractivity contribution in [3.63, 3.8) is 0 Å². The fourth-order valence-corrected chi connectivity index (χ4v) is 1.70. The number of carbonyl (C=O) groups excluding carboxylic acids is 1. The van der Waals surface area contributed by atoms with Gasteiger partial charge in [0.15, 0.2) is 11.5 Å². The van der Waals surface area contributed by atoms with E-state index in [1.165, 1.54) is 0 Å². The van der Waals surface area contributed by atoms with Gasteiger partial charge in [0.25, 0.3) is 0 Å². The van der Waals surface area contributed by atoms with E-state index in [1.54, 1.807) is 31.5 Å². The minimum absolute atomic E-state index is 0.530. The Morgan fingerprint density at radius 2 is 2.16 bits per heavy atom. The van der Waals surface area contributed by atoms with Gasteiger partial charge in [0.05, 0.1) is 13.7 Å². The van der Waals surface area contributed by atoms with Crippen molar-refractivity contribution in [1.82, 2.24) is 4.98 Å². The van der Waals surface area contributed by atoms with Gasteiger partial charge < -0.3 is 9.47 Å². The summed E-state index contributed by atoms with van der Waals surface area (Å²) in [5.74, 6) is 1.20. The molecule has 0 aliphatic heterocycles. The number of pyridine rings is 1. The Hall–Kier alpha value is -2.36. The quantitative estimate of drug-likeness (QED) is 0.746. The highest BCUT2D eigenvalue weighted by Gasteiger charge is 2.05. The summed E-state index contributed by atoms with van der Waals surface area (Å²) in [6, 6.07) is 9.00. The summed E-state index contributed by atoms with van der Waals surface area (Å²) in [5.41, 5.74) is 1.68. The molecule has 0 N–H and O–H groups in total. The Bertz CT molecular complexity index is 540. The van der Waals surface area contributed by atoms with Crippen LogP contribution in [0.2, 0.25) is 0 Å². The molecule has 0 saturated heterocycles. The van der Waals surface area contributed by atoms with Crippen LogP contribution >= 0.6 is 0 Å². The lowest BCUT2D eigenvalue weighted by atomic mass is 10.2. The fourth-order valence-electron chi connectivity index (χ4n) is 1.70. The predicted octanol–water partition coefficient (Wildman–Crippen LogP) is 2.52. The van der Waals surface area contributed by atoms with Crippen molar-refractivity contribution < 1.29 is 14.3 Å². The first-order chi connectivity index (χ1) is 9.33. The van der Waals surface area contributed by atoms with E-state index in [4.69, 9.17) is 9.47 Å². The number of benzene rings is 1. The molecule has 0 radical (unpaired) electrons. The van der Waals surface area contributed by atoms with Crippen molar-refractivity contribution in [3.05, 3.63) is 53.9 Å². The Morgan fingerprint density at radius 1 is 1.26 bits per heavy atom. The van der Waals surface area contributed by atoms with E-state index >= 15 is 0 Å². The van der Waals surface area contributed by atoms with Crippen LogP contribution in [-0.4, -0.2) is 25.0 Å². The summed E-state index contributed by atoms with van der Waals surface area (Å²) in [5, 5.41) is 0. The Labute approximate surface area is 112 Å². The van der Waals surface area contributed by atoms with Gasteiger partial charge in [0.1, 0.15) is 6.29 Å². The third-order valence-electron chi connectivity index (χ3n) is 2.69. The van der Waals surface area contributed by atoms with Gasteiger partial charge in [-0.15, -0.1) is 0 Å². The maximum absolute atomic E-state index is 10.7. The fraction of sp³-hybridized carbons (Fsp3) is 0.200. The summed E-state index contributed by atoms with van der Waals surface area (Å²) in [6.07, 6.45) is 5.11. The van der Waals surface area contributed by atoms with E-state index in [0.29, 0.717) is 23.7 Å². The zero-order valence-electron chi connectivity index (χ0n) is 10.7. The first kappa shape index (κ1) is 13.1. The van der Waals surface area contributed by atoms with Gasteiger partial charge in [-0.25, -0.2) is 0 Å². The molecule has 19 heavy (non-hydrogen) atoms. The van der Waals surface area contributed by atoms with E-state index in [9.17, 15) is 4.79 Å². The molecule has 0 saturated carbocycles. The zero-order valence-corrected chi connectivity index (χ0v) is 10.7. The lowest BCUT2D eigenvalue weighted by Crippen LogP contribution is -2.03. The third-order valence-corrected chi connectivity index (χ3v) is 2.69. The molecule has 0 fully saturated rings. The molecule has 1 aromatic heterocycles. The zero-order chi connectivity index (χ0) is 13.5. The number of rotatable bonds is 6. The Balaban J connectivity index is 1.97. The molecule has 1 heterocycles. The van der Waals surface area contributed by atoms with Crippen LogP contribution in [0.25, 0.3) is 0 Å². The number of hydrogen-bond acceptors (Lipinski definition) is 4. The normalized spacial score (nSPS) is 9.95. The molecule has 0 atom stereocenters. The molecule has 4 nitrogen and oxygen atoms in total. The summed E-state index contributed by atoms with van der Waals surface area (Å²) >= 11 is 0. The van der Waals surface area contributed by atoms with Crippen LogP contribution < -0.4 is 9.47 Å². The van der Waals surface area contributed by atoms with Gasteiger partial charge in [-0.3, -0.25) is 9.78 Å². The molecule has 0 aliphatic rings. The predicted molar refractivity (Wildman–Crippen MR) is 71.8 cm³/mol. The van der Waals surface area contributed by atoms with Gasteiger partial charge in [0, 0.05) is 24.4 Å². The Kier molecular flexibility index (Phi) is 4.50. The van der Waals surface area contributed by atoms with Crippen molar-refractivity contribution in [2.75, 3.05) is 13.7 Å². The van der Waals surface area contributed by atoms with Crippen molar-refractivity contribution in [2.24, 2.45) is 0 Å². The summed E-state index contributed by atoms with van der Waals surface area (Å²) in [7, 11) is 1.55. The monoisotopic (exact) mass is 257 g/mol. The van der Waals surface area contributed by atoms with Gasteiger partial charge in [0.2, 0.25) is 0 Å². The van der Waals surface area contributed by atoms with E-state index in [0.717, 1.165) is 18.3 Å². The highest BCUT2D eigenvalue weighted by Crippen LogP contribution is 2.27. The minimum atomic E-state index is 0.530. The van der Waals surface area contributed by atoms with Gasteiger partial charge >= 0.3 is 0 Å². The number of methoxy groups -OCH3 is 1. The lowest BCUT2D eigenvalue weighted by molar-refractivity contribution is 0.112. The van der Waals surface area contributed by atoms with Crippen LogP contribution in [0, 0.1) is 0 Å². The van der Waals surface area contributed by atoms with E-state index in [-0.39, 0.29) is 0 Å². The molecule has 1 aromatic carbocycles. The Morgan fingerprint density at radius 3 is 2.84 bits per heavy atom. The molecule has 0 aliphatic carbocycles. The van der Waals surface area contributed by atoms with Crippen molar-refractivity contribution in [1.29, 1.82) is 0 Å². The summed E-state index contributed by atoms with van der Waals surface area (Å²) < 4.78 is 10.9. The summed E-state index contributed by atoms with van der Waals surface area (Å²) in [6.45, 7) is 0.530.